The first-order valence-electron chi connectivity index (χ1n) is 10.9. The summed E-state index contributed by atoms with van der Waals surface area (Å²) in [6, 6.07) is 16.0. The molecule has 1 aliphatic carbocycles. The molecule has 174 valence electrons. The number of carbonyl (C=O) groups excluding carboxylic acids is 1. The van der Waals surface area contributed by atoms with E-state index < -0.39 is 6.61 Å². The largest absolute Gasteiger partial charge is 0.496 e. The minimum Gasteiger partial charge on any atom is -0.496 e. The van der Waals surface area contributed by atoms with E-state index in [0.29, 0.717) is 34.3 Å². The van der Waals surface area contributed by atoms with E-state index in [9.17, 15) is 13.6 Å². The van der Waals surface area contributed by atoms with Gasteiger partial charge in [0.25, 0.3) is 0 Å². The Morgan fingerprint density at radius 3 is 2.56 bits per heavy atom. The molecule has 0 aliphatic heterocycles. The number of carbonyl (C=O) groups is 1. The molecular formula is C26H22F2N2O4. The highest BCUT2D eigenvalue weighted by Crippen LogP contribution is 2.40. The molecule has 2 heterocycles. The Morgan fingerprint density at radius 1 is 1.09 bits per heavy atom. The van der Waals surface area contributed by atoms with Gasteiger partial charge in [0.05, 0.1) is 19.0 Å². The van der Waals surface area contributed by atoms with Crippen molar-refractivity contribution in [3.05, 3.63) is 72.6 Å². The Hall–Kier alpha value is -3.94. The van der Waals surface area contributed by atoms with Crippen molar-refractivity contribution in [3.8, 4) is 34.3 Å². The third-order valence-electron chi connectivity index (χ3n) is 5.71. The summed E-state index contributed by atoms with van der Waals surface area (Å²) in [5.74, 6) is 1.33. The number of benzene rings is 2. The molecule has 0 N–H and O–H groups in total. The highest BCUT2D eigenvalue weighted by molar-refractivity contribution is 6.02. The highest BCUT2D eigenvalue weighted by Gasteiger charge is 2.29. The van der Waals surface area contributed by atoms with Crippen molar-refractivity contribution in [1.82, 2.24) is 9.38 Å². The number of rotatable bonds is 9. The zero-order valence-corrected chi connectivity index (χ0v) is 18.4. The van der Waals surface area contributed by atoms with E-state index in [1.165, 1.54) is 13.2 Å². The van der Waals surface area contributed by atoms with Gasteiger partial charge in [-0.3, -0.25) is 9.20 Å². The van der Waals surface area contributed by atoms with Gasteiger partial charge >= 0.3 is 6.61 Å². The molecule has 1 fully saturated rings. The van der Waals surface area contributed by atoms with Gasteiger partial charge in [-0.15, -0.1) is 0 Å². The summed E-state index contributed by atoms with van der Waals surface area (Å²) in [5, 5.41) is 0. The Balaban J connectivity index is 1.53. The molecule has 6 nitrogen and oxygen atoms in total. The second kappa shape index (κ2) is 9.13. The number of ketones is 1. The molecule has 34 heavy (non-hydrogen) atoms. The van der Waals surface area contributed by atoms with Crippen molar-refractivity contribution < 1.29 is 27.8 Å². The lowest BCUT2D eigenvalue weighted by molar-refractivity contribution is -0.0502. The van der Waals surface area contributed by atoms with Crippen LogP contribution in [0.5, 0.6) is 23.0 Å². The van der Waals surface area contributed by atoms with Gasteiger partial charge in [0.15, 0.2) is 5.78 Å². The Kier molecular flexibility index (Phi) is 5.88. The lowest BCUT2D eigenvalue weighted by Crippen LogP contribution is -2.11. The van der Waals surface area contributed by atoms with E-state index in [2.05, 4.69) is 4.98 Å². The molecule has 0 spiro atoms. The molecule has 5 rings (SSSR count). The van der Waals surface area contributed by atoms with Crippen LogP contribution in [-0.2, 0) is 0 Å². The number of methoxy groups -OCH3 is 1. The Morgan fingerprint density at radius 2 is 1.85 bits per heavy atom. The maximum atomic E-state index is 13.2. The molecular weight excluding hydrogens is 442 g/mol. The van der Waals surface area contributed by atoms with Crippen LogP contribution in [0.25, 0.3) is 16.9 Å². The molecule has 0 amide bonds. The summed E-state index contributed by atoms with van der Waals surface area (Å²) in [5.41, 5.74) is 1.80. The van der Waals surface area contributed by atoms with E-state index in [-0.39, 0.29) is 29.3 Å². The van der Waals surface area contributed by atoms with Crippen LogP contribution in [0.4, 0.5) is 8.78 Å². The fourth-order valence-corrected chi connectivity index (χ4v) is 3.91. The lowest BCUT2D eigenvalue weighted by atomic mass is 10.00. The number of Topliss-reactive ketones (excluding diaryl/α,β-unsaturated/α-hetero) is 1. The van der Waals surface area contributed by atoms with Crippen molar-refractivity contribution in [2.75, 3.05) is 7.11 Å². The SMILES string of the molecule is COc1cc(-c2cnc3cc(Oc4ccccc4)ccn23)cc(OC(F)F)c1C(=O)CC1CC1. The minimum absolute atomic E-state index is 0.0471. The molecule has 8 heteroatoms. The summed E-state index contributed by atoms with van der Waals surface area (Å²) < 4.78 is 44.3. The summed E-state index contributed by atoms with van der Waals surface area (Å²) in [7, 11) is 1.40. The van der Waals surface area contributed by atoms with E-state index in [4.69, 9.17) is 14.2 Å². The number of hydrogen-bond donors (Lipinski definition) is 0. The molecule has 1 saturated carbocycles. The quantitative estimate of drug-likeness (QED) is 0.269. The van der Waals surface area contributed by atoms with Gasteiger partial charge in [0.1, 0.15) is 34.2 Å². The summed E-state index contributed by atoms with van der Waals surface area (Å²) in [6.45, 7) is -3.08. The van der Waals surface area contributed by atoms with E-state index >= 15 is 0 Å². The van der Waals surface area contributed by atoms with Crippen LogP contribution < -0.4 is 14.2 Å². The van der Waals surface area contributed by atoms with E-state index in [0.717, 1.165) is 12.8 Å². The molecule has 2 aromatic carbocycles. The third-order valence-corrected chi connectivity index (χ3v) is 5.71. The van der Waals surface area contributed by atoms with Crippen molar-refractivity contribution in [2.24, 2.45) is 5.92 Å². The number of nitrogens with zero attached hydrogens (tertiary/aromatic N) is 2. The van der Waals surface area contributed by atoms with Gasteiger partial charge < -0.3 is 14.2 Å². The average Bonchev–Trinajstić information content (AvgIpc) is 3.54. The van der Waals surface area contributed by atoms with Crippen molar-refractivity contribution in [2.45, 2.75) is 25.9 Å². The first-order valence-corrected chi connectivity index (χ1v) is 10.9. The number of ether oxygens (including phenoxy) is 3. The Bertz CT molecular complexity index is 1330. The molecule has 0 atom stereocenters. The number of aromatic nitrogens is 2. The Labute approximate surface area is 194 Å². The van der Waals surface area contributed by atoms with E-state index in [1.54, 1.807) is 35.0 Å². The predicted molar refractivity (Wildman–Crippen MR) is 122 cm³/mol. The first-order chi connectivity index (χ1) is 16.5. The van der Waals surface area contributed by atoms with Crippen LogP contribution in [0.2, 0.25) is 0 Å². The summed E-state index contributed by atoms with van der Waals surface area (Å²) in [4.78, 5) is 17.3. The number of halogens is 2. The second-order valence-electron chi connectivity index (χ2n) is 8.15. The van der Waals surface area contributed by atoms with Gasteiger partial charge in [-0.1, -0.05) is 18.2 Å². The van der Waals surface area contributed by atoms with Crippen LogP contribution in [0.3, 0.4) is 0 Å². The molecule has 0 saturated heterocycles. The number of fused-ring (bicyclic) bond motifs is 1. The maximum absolute atomic E-state index is 13.2. The number of alkyl halides is 2. The van der Waals surface area contributed by atoms with Crippen molar-refractivity contribution in [1.29, 1.82) is 0 Å². The zero-order valence-electron chi connectivity index (χ0n) is 18.4. The fraction of sp³-hybridized carbons (Fsp3) is 0.231. The number of imidazole rings is 1. The highest BCUT2D eigenvalue weighted by atomic mass is 19.3. The van der Waals surface area contributed by atoms with Crippen LogP contribution in [-0.4, -0.2) is 28.9 Å². The van der Waals surface area contributed by atoms with Crippen LogP contribution in [0.15, 0.2) is 67.0 Å². The topological polar surface area (TPSA) is 62.1 Å². The molecule has 0 unspecified atom stereocenters. The van der Waals surface area contributed by atoms with Gasteiger partial charge in [-0.05, 0) is 49.1 Å². The van der Waals surface area contributed by atoms with Crippen LogP contribution in [0.1, 0.15) is 29.6 Å². The van der Waals surface area contributed by atoms with Crippen molar-refractivity contribution >= 4 is 11.4 Å². The number of pyridine rings is 1. The summed E-state index contributed by atoms with van der Waals surface area (Å²) in [6.07, 6.45) is 5.62. The minimum atomic E-state index is -3.08. The van der Waals surface area contributed by atoms with Gasteiger partial charge in [-0.25, -0.2) is 4.98 Å². The van der Waals surface area contributed by atoms with Crippen LogP contribution in [0, 0.1) is 5.92 Å². The zero-order chi connectivity index (χ0) is 23.7. The number of para-hydroxylation sites is 1. The second-order valence-corrected chi connectivity index (χ2v) is 8.15. The first kappa shape index (κ1) is 21.9. The van der Waals surface area contributed by atoms with Gasteiger partial charge in [-0.2, -0.15) is 8.78 Å². The van der Waals surface area contributed by atoms with Gasteiger partial charge in [0.2, 0.25) is 0 Å². The molecule has 1 aliphatic rings. The van der Waals surface area contributed by atoms with Crippen LogP contribution >= 0.6 is 0 Å². The third kappa shape index (κ3) is 4.57. The fourth-order valence-electron chi connectivity index (χ4n) is 3.91. The molecule has 4 aromatic rings. The summed E-state index contributed by atoms with van der Waals surface area (Å²) >= 11 is 0. The van der Waals surface area contributed by atoms with Crippen molar-refractivity contribution in [3.63, 3.8) is 0 Å². The standard InChI is InChI=1S/C26H22F2N2O4/c1-32-22-12-17(13-23(34-26(27)28)25(22)21(31)11-16-7-8-16)20-15-29-24-14-19(9-10-30(20)24)33-18-5-3-2-4-6-18/h2-6,9-10,12-16,26H,7-8,11H2,1H3. The normalized spacial score (nSPS) is 13.3. The van der Waals surface area contributed by atoms with E-state index in [1.807, 2.05) is 30.3 Å². The molecule has 2 aromatic heterocycles. The maximum Gasteiger partial charge on any atom is 0.387 e. The monoisotopic (exact) mass is 464 g/mol. The lowest BCUT2D eigenvalue weighted by Gasteiger charge is -2.16. The smallest absolute Gasteiger partial charge is 0.387 e. The number of hydrogen-bond acceptors (Lipinski definition) is 5. The predicted octanol–water partition coefficient (Wildman–Crippen LogP) is 6.39. The molecule has 0 radical (unpaired) electrons. The molecule has 0 bridgehead atoms. The average molecular weight is 464 g/mol. The van der Waals surface area contributed by atoms with Gasteiger partial charge in [0, 0.05) is 24.2 Å².